The Balaban J connectivity index is 1.69. The second-order valence-electron chi connectivity index (χ2n) is 8.10. The van der Waals surface area contributed by atoms with E-state index < -0.39 is 28.5 Å². The zero-order chi connectivity index (χ0) is 24.8. The Bertz CT molecular complexity index is 1390. The maximum atomic E-state index is 13.6. The number of nitrogens with one attached hydrogen (secondary N) is 1. The Morgan fingerprint density at radius 2 is 1.34 bits per heavy atom. The number of amides is 1. The Kier molecular flexibility index (Phi) is 7.54. The third-order valence-electron chi connectivity index (χ3n) is 5.59. The van der Waals surface area contributed by atoms with Crippen LogP contribution in [0, 0.1) is 6.92 Å². The average Bonchev–Trinajstić information content (AvgIpc) is 2.88. The summed E-state index contributed by atoms with van der Waals surface area (Å²) in [5.41, 5.74) is 3.12. The largest absolute Gasteiger partial charge is 0.344 e. The van der Waals surface area contributed by atoms with Crippen LogP contribution in [0.25, 0.3) is 0 Å². The van der Waals surface area contributed by atoms with Crippen LogP contribution in [-0.2, 0) is 14.8 Å². The van der Waals surface area contributed by atoms with Crippen molar-refractivity contribution in [3.05, 3.63) is 131 Å². The van der Waals surface area contributed by atoms with Crippen molar-refractivity contribution >= 4 is 33.2 Å². The summed E-state index contributed by atoms with van der Waals surface area (Å²) >= 11 is 6.37. The molecule has 4 aromatic rings. The number of nitrogens with zero attached hydrogens (tertiary/aromatic N) is 1. The van der Waals surface area contributed by atoms with Crippen molar-refractivity contribution in [2.75, 3.05) is 10.8 Å². The van der Waals surface area contributed by atoms with Gasteiger partial charge in [-0.25, -0.2) is 8.42 Å². The van der Waals surface area contributed by atoms with Crippen LogP contribution < -0.4 is 9.62 Å². The Hall–Kier alpha value is -3.61. The highest BCUT2D eigenvalue weighted by Crippen LogP contribution is 2.30. The number of carbonyl (C=O) groups is 1. The van der Waals surface area contributed by atoms with Crippen LogP contribution in [0.15, 0.2) is 114 Å². The molecule has 0 fully saturated rings. The second-order valence-corrected chi connectivity index (χ2v) is 10.4. The maximum absolute atomic E-state index is 13.6. The van der Waals surface area contributed by atoms with Crippen LogP contribution in [0.2, 0.25) is 5.02 Å². The van der Waals surface area contributed by atoms with E-state index in [9.17, 15) is 13.2 Å². The average molecular weight is 505 g/mol. The molecule has 4 aromatic carbocycles. The molecule has 0 saturated heterocycles. The fourth-order valence-electron chi connectivity index (χ4n) is 3.77. The number of hydrogen-bond acceptors (Lipinski definition) is 3. The van der Waals surface area contributed by atoms with E-state index in [2.05, 4.69) is 5.32 Å². The summed E-state index contributed by atoms with van der Waals surface area (Å²) in [5.74, 6) is -0.459. The van der Waals surface area contributed by atoms with Gasteiger partial charge in [-0.2, -0.15) is 0 Å². The second kappa shape index (κ2) is 10.8. The van der Waals surface area contributed by atoms with Crippen molar-refractivity contribution in [3.8, 4) is 0 Å². The number of para-hydroxylation sites is 1. The molecule has 178 valence electrons. The SMILES string of the molecule is Cc1ccc(C(NC(=O)CN(c2ccccc2Cl)S(=O)(=O)c2ccccc2)c2ccccc2)cc1. The molecule has 5 nitrogen and oxygen atoms in total. The molecule has 0 aliphatic heterocycles. The minimum absolute atomic E-state index is 0.0749. The van der Waals surface area contributed by atoms with Crippen molar-refractivity contribution in [2.45, 2.75) is 17.9 Å². The quantitative estimate of drug-likeness (QED) is 0.332. The van der Waals surface area contributed by atoms with Crippen LogP contribution in [0.3, 0.4) is 0 Å². The number of aryl methyl sites for hydroxylation is 1. The molecule has 1 unspecified atom stereocenters. The molecule has 0 bridgehead atoms. The van der Waals surface area contributed by atoms with Gasteiger partial charge in [0.2, 0.25) is 5.91 Å². The number of rotatable bonds is 8. The Morgan fingerprint density at radius 1 is 0.800 bits per heavy atom. The van der Waals surface area contributed by atoms with Crippen LogP contribution in [-0.4, -0.2) is 20.9 Å². The number of benzene rings is 4. The van der Waals surface area contributed by atoms with E-state index in [-0.39, 0.29) is 15.6 Å². The topological polar surface area (TPSA) is 66.5 Å². The first-order chi connectivity index (χ1) is 16.9. The minimum Gasteiger partial charge on any atom is -0.344 e. The molecule has 1 atom stereocenters. The summed E-state index contributed by atoms with van der Waals surface area (Å²) in [5, 5.41) is 3.26. The minimum atomic E-state index is -4.05. The third-order valence-corrected chi connectivity index (χ3v) is 7.68. The van der Waals surface area contributed by atoms with Crippen molar-refractivity contribution in [1.82, 2.24) is 5.32 Å². The van der Waals surface area contributed by atoms with E-state index in [1.807, 2.05) is 61.5 Å². The molecule has 1 amide bonds. The lowest BCUT2D eigenvalue weighted by Crippen LogP contribution is -2.42. The highest BCUT2D eigenvalue weighted by Gasteiger charge is 2.29. The van der Waals surface area contributed by atoms with E-state index in [1.165, 1.54) is 12.1 Å². The van der Waals surface area contributed by atoms with E-state index in [4.69, 9.17) is 11.6 Å². The third kappa shape index (κ3) is 5.73. The van der Waals surface area contributed by atoms with Gasteiger partial charge in [-0.3, -0.25) is 9.10 Å². The van der Waals surface area contributed by atoms with Gasteiger partial charge >= 0.3 is 0 Å². The summed E-state index contributed by atoms with van der Waals surface area (Å²) in [6.45, 7) is 1.56. The summed E-state index contributed by atoms with van der Waals surface area (Å²) in [6.07, 6.45) is 0. The highest BCUT2D eigenvalue weighted by molar-refractivity contribution is 7.92. The number of hydrogen-bond donors (Lipinski definition) is 1. The normalized spacial score (nSPS) is 12.1. The van der Waals surface area contributed by atoms with Gasteiger partial charge in [-0.15, -0.1) is 0 Å². The number of halogens is 1. The van der Waals surface area contributed by atoms with Crippen LogP contribution in [0.1, 0.15) is 22.7 Å². The van der Waals surface area contributed by atoms with E-state index in [0.717, 1.165) is 21.0 Å². The molecule has 0 aliphatic carbocycles. The summed E-state index contributed by atoms with van der Waals surface area (Å²) in [4.78, 5) is 13.5. The van der Waals surface area contributed by atoms with Crippen molar-refractivity contribution in [3.63, 3.8) is 0 Å². The molecule has 1 N–H and O–H groups in total. The summed E-state index contributed by atoms with van der Waals surface area (Å²) in [6, 6.07) is 31.6. The van der Waals surface area contributed by atoms with Crippen molar-refractivity contribution in [2.24, 2.45) is 0 Å². The molecular formula is C28H25ClN2O3S. The van der Waals surface area contributed by atoms with Gasteiger partial charge < -0.3 is 5.32 Å². The van der Waals surface area contributed by atoms with Gasteiger partial charge in [0.15, 0.2) is 0 Å². The molecule has 35 heavy (non-hydrogen) atoms. The Morgan fingerprint density at radius 3 is 1.97 bits per heavy atom. The number of anilines is 1. The van der Waals surface area contributed by atoms with Crippen LogP contribution in [0.5, 0.6) is 0 Å². The predicted molar refractivity (Wildman–Crippen MR) is 140 cm³/mol. The first-order valence-electron chi connectivity index (χ1n) is 11.1. The number of carbonyl (C=O) groups excluding carboxylic acids is 1. The first-order valence-corrected chi connectivity index (χ1v) is 12.9. The first kappa shape index (κ1) is 24.5. The number of sulfonamides is 1. The Labute approximate surface area is 211 Å². The zero-order valence-corrected chi connectivity index (χ0v) is 20.7. The van der Waals surface area contributed by atoms with Crippen molar-refractivity contribution < 1.29 is 13.2 Å². The van der Waals surface area contributed by atoms with Crippen LogP contribution >= 0.6 is 11.6 Å². The molecule has 0 radical (unpaired) electrons. The van der Waals surface area contributed by atoms with E-state index in [0.29, 0.717) is 0 Å². The zero-order valence-electron chi connectivity index (χ0n) is 19.1. The lowest BCUT2D eigenvalue weighted by Gasteiger charge is -2.27. The highest BCUT2D eigenvalue weighted by atomic mass is 35.5. The molecule has 0 heterocycles. The maximum Gasteiger partial charge on any atom is 0.264 e. The van der Waals surface area contributed by atoms with Crippen LogP contribution in [0.4, 0.5) is 5.69 Å². The van der Waals surface area contributed by atoms with Gasteiger partial charge in [-0.05, 0) is 42.3 Å². The van der Waals surface area contributed by atoms with Gasteiger partial charge in [0.25, 0.3) is 10.0 Å². The fraction of sp³-hybridized carbons (Fsp3) is 0.107. The molecule has 4 rings (SSSR count). The lowest BCUT2D eigenvalue weighted by atomic mass is 9.98. The van der Waals surface area contributed by atoms with E-state index in [1.54, 1.807) is 42.5 Å². The summed E-state index contributed by atoms with van der Waals surface area (Å²) < 4.78 is 28.2. The van der Waals surface area contributed by atoms with Gasteiger partial charge in [-0.1, -0.05) is 102 Å². The molecule has 0 saturated carbocycles. The standard InChI is InChI=1S/C28H25ClN2O3S/c1-21-16-18-23(19-17-21)28(22-10-4-2-5-11-22)30-27(32)20-31(26-15-9-8-14-25(26)29)35(33,34)24-12-6-3-7-13-24/h2-19,28H,20H2,1H3,(H,30,32). The molecule has 0 aromatic heterocycles. The predicted octanol–water partition coefficient (Wildman–Crippen LogP) is 5.75. The molecule has 7 heteroatoms. The summed E-state index contributed by atoms with van der Waals surface area (Å²) in [7, 11) is -4.05. The molecular weight excluding hydrogens is 480 g/mol. The fourth-order valence-corrected chi connectivity index (χ4v) is 5.52. The van der Waals surface area contributed by atoms with E-state index >= 15 is 0 Å². The lowest BCUT2D eigenvalue weighted by molar-refractivity contribution is -0.120. The molecule has 0 aliphatic rings. The van der Waals surface area contributed by atoms with Gasteiger partial charge in [0.1, 0.15) is 6.54 Å². The monoisotopic (exact) mass is 504 g/mol. The molecule has 0 spiro atoms. The van der Waals surface area contributed by atoms with Gasteiger partial charge in [0, 0.05) is 0 Å². The van der Waals surface area contributed by atoms with Crippen molar-refractivity contribution in [1.29, 1.82) is 0 Å². The van der Waals surface area contributed by atoms with Gasteiger partial charge in [0.05, 0.1) is 21.6 Å². The smallest absolute Gasteiger partial charge is 0.264 e.